The average molecular weight is 396 g/mol. The first-order chi connectivity index (χ1) is 12.5. The molecule has 0 unspecified atom stereocenters. The van der Waals surface area contributed by atoms with E-state index in [1.807, 2.05) is 6.92 Å². The van der Waals surface area contributed by atoms with Crippen molar-refractivity contribution in [2.24, 2.45) is 0 Å². The Kier molecular flexibility index (Phi) is 6.15. The van der Waals surface area contributed by atoms with Gasteiger partial charge in [0.05, 0.1) is 22.4 Å². The van der Waals surface area contributed by atoms with Gasteiger partial charge in [0, 0.05) is 39.5 Å². The number of amides is 3. The summed E-state index contributed by atoms with van der Waals surface area (Å²) >= 11 is 3.00. The fraction of sp³-hybridized carbons (Fsp3) is 0.500. The molecule has 1 saturated heterocycles. The van der Waals surface area contributed by atoms with Crippen LogP contribution in [0.25, 0.3) is 0 Å². The van der Waals surface area contributed by atoms with Gasteiger partial charge in [-0.15, -0.1) is 11.8 Å². The van der Waals surface area contributed by atoms with Crippen molar-refractivity contribution in [2.75, 3.05) is 31.5 Å². The summed E-state index contributed by atoms with van der Waals surface area (Å²) in [6.45, 7) is 5.77. The molecule has 3 rings (SSSR count). The third-order valence-electron chi connectivity index (χ3n) is 4.00. The van der Waals surface area contributed by atoms with E-state index in [4.69, 9.17) is 4.42 Å². The van der Waals surface area contributed by atoms with Crippen molar-refractivity contribution in [3.05, 3.63) is 24.0 Å². The molecule has 0 atom stereocenters. The average Bonchev–Trinajstić information content (AvgIpc) is 3.29. The first kappa shape index (κ1) is 18.7. The van der Waals surface area contributed by atoms with Crippen LogP contribution in [0.15, 0.2) is 21.0 Å². The highest BCUT2D eigenvalue weighted by atomic mass is 32.2. The van der Waals surface area contributed by atoms with Gasteiger partial charge >= 0.3 is 6.03 Å². The van der Waals surface area contributed by atoms with Gasteiger partial charge < -0.3 is 14.2 Å². The fourth-order valence-corrected chi connectivity index (χ4v) is 4.21. The largest absolute Gasteiger partial charge is 0.445 e. The number of thiazole rings is 1. The maximum atomic E-state index is 12.3. The maximum absolute atomic E-state index is 12.3. The van der Waals surface area contributed by atoms with Crippen molar-refractivity contribution in [1.29, 1.82) is 0 Å². The number of hydrogen-bond donors (Lipinski definition) is 1. The van der Waals surface area contributed by atoms with Crippen molar-refractivity contribution in [3.63, 3.8) is 0 Å². The second kappa shape index (κ2) is 8.54. The predicted octanol–water partition coefficient (Wildman–Crippen LogP) is 2.68. The number of rotatable bonds is 5. The van der Waals surface area contributed by atoms with Gasteiger partial charge in [-0.3, -0.25) is 10.1 Å². The van der Waals surface area contributed by atoms with Crippen LogP contribution in [0.2, 0.25) is 0 Å². The molecule has 0 bridgehead atoms. The van der Waals surface area contributed by atoms with E-state index in [1.165, 1.54) is 11.3 Å². The summed E-state index contributed by atoms with van der Waals surface area (Å²) in [6, 6.07) is -0.181. The van der Waals surface area contributed by atoms with Crippen LogP contribution in [0.3, 0.4) is 0 Å². The lowest BCUT2D eigenvalue weighted by molar-refractivity contribution is -0.130. The summed E-state index contributed by atoms with van der Waals surface area (Å²) in [5.74, 6) is 2.24. The molecule has 0 aliphatic carbocycles. The van der Waals surface area contributed by atoms with Crippen LogP contribution < -0.4 is 5.32 Å². The number of anilines is 1. The summed E-state index contributed by atoms with van der Waals surface area (Å²) in [4.78, 5) is 35.6. The molecule has 2 aromatic rings. The highest BCUT2D eigenvalue weighted by Gasteiger charge is 2.22. The Balaban J connectivity index is 1.47. The number of oxazole rings is 1. The fourth-order valence-electron chi connectivity index (χ4n) is 2.49. The van der Waals surface area contributed by atoms with Crippen molar-refractivity contribution in [2.45, 2.75) is 30.2 Å². The lowest BCUT2D eigenvalue weighted by Gasteiger charge is -2.33. The smallest absolute Gasteiger partial charge is 0.323 e. The molecule has 8 nitrogen and oxygen atoms in total. The number of carbonyl (C=O) groups is 2. The van der Waals surface area contributed by atoms with Gasteiger partial charge in [0.2, 0.25) is 11.8 Å². The van der Waals surface area contributed by atoms with Gasteiger partial charge in [0.1, 0.15) is 5.76 Å². The van der Waals surface area contributed by atoms with Gasteiger partial charge in [-0.2, -0.15) is 0 Å². The summed E-state index contributed by atoms with van der Waals surface area (Å²) < 4.78 is 6.56. The molecule has 10 heteroatoms. The number of piperazine rings is 1. The molecule has 0 spiro atoms. The third-order valence-corrected chi connectivity index (χ3v) is 6.09. The van der Waals surface area contributed by atoms with Gasteiger partial charge in [-0.05, 0) is 0 Å². The Morgan fingerprint density at radius 2 is 1.96 bits per heavy atom. The third kappa shape index (κ3) is 4.76. The molecule has 3 heterocycles. The quantitative estimate of drug-likeness (QED) is 0.783. The first-order valence-electron chi connectivity index (χ1n) is 8.38. The van der Waals surface area contributed by atoms with Crippen molar-refractivity contribution in [3.8, 4) is 0 Å². The zero-order valence-electron chi connectivity index (χ0n) is 14.7. The highest BCUT2D eigenvalue weighted by molar-refractivity contribution is 8.00. The maximum Gasteiger partial charge on any atom is 0.323 e. The van der Waals surface area contributed by atoms with Gasteiger partial charge in [-0.25, -0.2) is 14.8 Å². The summed E-state index contributed by atoms with van der Waals surface area (Å²) in [7, 11) is 0. The number of nitrogens with zero attached hydrogens (tertiary/aromatic N) is 4. The van der Waals surface area contributed by atoms with E-state index in [0.29, 0.717) is 43.0 Å². The standard InChI is InChI=1S/C16H21N5O3S2/c1-3-12-8-17-13(24-12)10-25-14-9-18-15(26-14)19-16(23)21-6-4-20(5-7-21)11(2)22/h8-9H,3-7,10H2,1-2H3,(H,18,19,23). The van der Waals surface area contributed by atoms with Gasteiger partial charge in [-0.1, -0.05) is 18.3 Å². The van der Waals surface area contributed by atoms with Crippen molar-refractivity contribution < 1.29 is 14.0 Å². The Morgan fingerprint density at radius 3 is 2.62 bits per heavy atom. The zero-order valence-corrected chi connectivity index (χ0v) is 16.4. The topological polar surface area (TPSA) is 91.6 Å². The summed E-state index contributed by atoms with van der Waals surface area (Å²) in [5, 5.41) is 3.39. The molecule has 3 amide bonds. The van der Waals surface area contributed by atoms with Crippen LogP contribution in [0.5, 0.6) is 0 Å². The van der Waals surface area contributed by atoms with E-state index >= 15 is 0 Å². The van der Waals surface area contributed by atoms with Gasteiger partial charge in [0.15, 0.2) is 5.13 Å². The lowest BCUT2D eigenvalue weighted by atomic mass is 10.3. The molecule has 2 aromatic heterocycles. The molecule has 0 saturated carbocycles. The molecular weight excluding hydrogens is 374 g/mol. The predicted molar refractivity (Wildman–Crippen MR) is 100 cm³/mol. The second-order valence-corrected chi connectivity index (χ2v) is 8.08. The first-order valence-corrected chi connectivity index (χ1v) is 10.2. The Bertz CT molecular complexity index is 768. The van der Waals surface area contributed by atoms with Gasteiger partial charge in [0.25, 0.3) is 0 Å². The Morgan fingerprint density at radius 1 is 1.23 bits per heavy atom. The Hall–Kier alpha value is -2.07. The van der Waals surface area contributed by atoms with Crippen molar-refractivity contribution in [1.82, 2.24) is 19.8 Å². The van der Waals surface area contributed by atoms with Crippen molar-refractivity contribution >= 4 is 40.2 Å². The lowest BCUT2D eigenvalue weighted by Crippen LogP contribution is -2.51. The SMILES string of the molecule is CCc1cnc(CSc2cnc(NC(=O)N3CCN(C(C)=O)CC3)s2)o1. The number of carbonyl (C=O) groups excluding carboxylic acids is 2. The molecule has 26 heavy (non-hydrogen) atoms. The van der Waals surface area contributed by atoms with E-state index in [-0.39, 0.29) is 11.9 Å². The molecule has 1 N–H and O–H groups in total. The number of aryl methyl sites for hydroxylation is 1. The van der Waals surface area contributed by atoms with E-state index in [1.54, 1.807) is 40.9 Å². The zero-order chi connectivity index (χ0) is 18.5. The van der Waals surface area contributed by atoms with E-state index in [0.717, 1.165) is 16.4 Å². The van der Waals surface area contributed by atoms with Crippen LogP contribution in [-0.4, -0.2) is 57.9 Å². The number of thioether (sulfide) groups is 1. The molecule has 1 aliphatic heterocycles. The monoisotopic (exact) mass is 395 g/mol. The van der Waals surface area contributed by atoms with Crippen LogP contribution >= 0.6 is 23.1 Å². The number of hydrogen-bond acceptors (Lipinski definition) is 7. The molecule has 0 radical (unpaired) electrons. The normalized spacial score (nSPS) is 14.5. The molecule has 0 aromatic carbocycles. The number of nitrogens with one attached hydrogen (secondary N) is 1. The molecule has 1 aliphatic rings. The molecular formula is C16H21N5O3S2. The van der Waals surface area contributed by atoms with E-state index in [2.05, 4.69) is 15.3 Å². The summed E-state index contributed by atoms with van der Waals surface area (Å²) in [6.07, 6.45) is 4.32. The summed E-state index contributed by atoms with van der Waals surface area (Å²) in [5.41, 5.74) is 0. The minimum absolute atomic E-state index is 0.0451. The second-order valence-electron chi connectivity index (χ2n) is 5.77. The number of aromatic nitrogens is 2. The molecule has 140 valence electrons. The molecule has 1 fully saturated rings. The van der Waals surface area contributed by atoms with Crippen LogP contribution in [0, 0.1) is 0 Å². The van der Waals surface area contributed by atoms with E-state index < -0.39 is 0 Å². The minimum Gasteiger partial charge on any atom is -0.445 e. The highest BCUT2D eigenvalue weighted by Crippen LogP contribution is 2.30. The minimum atomic E-state index is -0.181. The number of urea groups is 1. The van der Waals surface area contributed by atoms with Crippen LogP contribution in [0.1, 0.15) is 25.5 Å². The Labute approximate surface area is 160 Å². The van der Waals surface area contributed by atoms with E-state index in [9.17, 15) is 9.59 Å². The van der Waals surface area contributed by atoms with Crippen LogP contribution in [-0.2, 0) is 17.0 Å². The van der Waals surface area contributed by atoms with Crippen LogP contribution in [0.4, 0.5) is 9.93 Å².